The van der Waals surface area contributed by atoms with Gasteiger partial charge in [-0.25, -0.2) is 0 Å². The number of amides is 1. The van der Waals surface area contributed by atoms with Gasteiger partial charge in [0.25, 0.3) is 5.91 Å². The van der Waals surface area contributed by atoms with Crippen molar-refractivity contribution in [3.8, 4) is 11.5 Å². The molecule has 1 amide bonds. The van der Waals surface area contributed by atoms with Gasteiger partial charge in [-0.15, -0.1) is 0 Å². The number of carbonyl (C=O) groups excluding carboxylic acids is 1. The molecule has 5 heteroatoms. The van der Waals surface area contributed by atoms with Gasteiger partial charge in [0.15, 0.2) is 11.5 Å². The number of nitrogens with one attached hydrogen (secondary N) is 1. The lowest BCUT2D eigenvalue weighted by atomic mass is 9.99. The molecular formula is C13H19NO4. The molecule has 1 aromatic rings. The molecule has 0 saturated carbocycles. The molecule has 1 atom stereocenters. The fourth-order valence-corrected chi connectivity index (χ4v) is 1.45. The monoisotopic (exact) mass is 253 g/mol. The number of methoxy groups -OCH3 is 1. The van der Waals surface area contributed by atoms with E-state index in [-0.39, 0.29) is 23.7 Å². The number of benzene rings is 1. The number of hydrogen-bond acceptors (Lipinski definition) is 4. The van der Waals surface area contributed by atoms with Crippen LogP contribution in [0.5, 0.6) is 11.5 Å². The lowest BCUT2D eigenvalue weighted by Gasteiger charge is -2.27. The number of para-hydroxylation sites is 1. The third-order valence-corrected chi connectivity index (χ3v) is 3.01. The van der Waals surface area contributed by atoms with Crippen LogP contribution in [-0.4, -0.2) is 35.4 Å². The maximum Gasteiger partial charge on any atom is 0.255 e. The van der Waals surface area contributed by atoms with Crippen LogP contribution in [-0.2, 0) is 0 Å². The number of aliphatic hydroxyl groups is 1. The van der Waals surface area contributed by atoms with Crippen LogP contribution in [0.1, 0.15) is 30.6 Å². The second-order valence-corrected chi connectivity index (χ2v) is 4.38. The zero-order chi connectivity index (χ0) is 13.8. The van der Waals surface area contributed by atoms with Crippen LogP contribution in [0.4, 0.5) is 0 Å². The molecule has 1 aromatic carbocycles. The van der Waals surface area contributed by atoms with Gasteiger partial charge in [-0.3, -0.25) is 4.79 Å². The number of hydrogen-bond donors (Lipinski definition) is 3. The Labute approximate surface area is 106 Å². The van der Waals surface area contributed by atoms with Gasteiger partial charge in [0.05, 0.1) is 24.8 Å². The summed E-state index contributed by atoms with van der Waals surface area (Å²) >= 11 is 0. The first kappa shape index (κ1) is 14.3. The predicted octanol–water partition coefficient (Wildman–Crippen LogP) is 1.29. The summed E-state index contributed by atoms with van der Waals surface area (Å²) in [6, 6.07) is 4.69. The molecular weight excluding hydrogens is 234 g/mol. The van der Waals surface area contributed by atoms with Crippen LogP contribution in [0.15, 0.2) is 18.2 Å². The largest absolute Gasteiger partial charge is 0.504 e. The van der Waals surface area contributed by atoms with Crippen molar-refractivity contribution in [3.63, 3.8) is 0 Å². The average molecular weight is 253 g/mol. The molecule has 0 radical (unpaired) electrons. The summed E-state index contributed by atoms with van der Waals surface area (Å²) in [6.45, 7) is 3.43. The van der Waals surface area contributed by atoms with Gasteiger partial charge in [-0.05, 0) is 25.5 Å². The SMILES string of the molecule is CCC(C)(CO)NC(=O)c1cccc(OC)c1O. The molecule has 0 bridgehead atoms. The number of phenols is 1. The summed E-state index contributed by atoms with van der Waals surface area (Å²) < 4.78 is 4.94. The summed E-state index contributed by atoms with van der Waals surface area (Å²) in [5.74, 6) is -0.399. The number of aliphatic hydroxyl groups excluding tert-OH is 1. The Balaban J connectivity index is 2.98. The summed E-state index contributed by atoms with van der Waals surface area (Å²) in [5.41, 5.74) is -0.574. The van der Waals surface area contributed by atoms with E-state index in [1.807, 2.05) is 6.92 Å². The summed E-state index contributed by atoms with van der Waals surface area (Å²) in [6.07, 6.45) is 0.583. The van der Waals surface area contributed by atoms with Crippen molar-refractivity contribution in [1.29, 1.82) is 0 Å². The van der Waals surface area contributed by atoms with Crippen molar-refractivity contribution >= 4 is 5.91 Å². The molecule has 1 unspecified atom stereocenters. The molecule has 5 nitrogen and oxygen atoms in total. The predicted molar refractivity (Wildman–Crippen MR) is 67.9 cm³/mol. The lowest BCUT2D eigenvalue weighted by Crippen LogP contribution is -2.48. The first-order valence-electron chi connectivity index (χ1n) is 5.76. The van der Waals surface area contributed by atoms with Crippen LogP contribution >= 0.6 is 0 Å². The van der Waals surface area contributed by atoms with Crippen LogP contribution in [0.25, 0.3) is 0 Å². The van der Waals surface area contributed by atoms with E-state index in [9.17, 15) is 15.0 Å². The molecule has 0 spiro atoms. The van der Waals surface area contributed by atoms with Gasteiger partial charge in [0, 0.05) is 0 Å². The van der Waals surface area contributed by atoms with Gasteiger partial charge in [-0.1, -0.05) is 13.0 Å². The third kappa shape index (κ3) is 2.92. The number of ether oxygens (including phenoxy) is 1. The fourth-order valence-electron chi connectivity index (χ4n) is 1.45. The molecule has 0 aliphatic rings. The van der Waals surface area contributed by atoms with Crippen molar-refractivity contribution in [2.75, 3.05) is 13.7 Å². The molecule has 18 heavy (non-hydrogen) atoms. The maximum atomic E-state index is 12.0. The molecule has 0 heterocycles. The molecule has 0 fully saturated rings. The number of phenolic OH excluding ortho intramolecular Hbond substituents is 1. The van der Waals surface area contributed by atoms with Gasteiger partial charge in [0.2, 0.25) is 0 Å². The highest BCUT2D eigenvalue weighted by molar-refractivity contribution is 5.98. The molecule has 0 aliphatic heterocycles. The molecule has 0 aromatic heterocycles. The number of aromatic hydroxyl groups is 1. The fraction of sp³-hybridized carbons (Fsp3) is 0.462. The molecule has 3 N–H and O–H groups in total. The Morgan fingerprint density at radius 2 is 2.17 bits per heavy atom. The molecule has 0 saturated heterocycles. The Bertz CT molecular complexity index is 427. The van der Waals surface area contributed by atoms with Gasteiger partial charge >= 0.3 is 0 Å². The zero-order valence-corrected chi connectivity index (χ0v) is 10.9. The topological polar surface area (TPSA) is 78.8 Å². The number of rotatable bonds is 5. The van der Waals surface area contributed by atoms with E-state index < -0.39 is 11.4 Å². The van der Waals surface area contributed by atoms with E-state index in [2.05, 4.69) is 5.32 Å². The molecule has 1 rings (SSSR count). The van der Waals surface area contributed by atoms with E-state index in [1.54, 1.807) is 19.1 Å². The van der Waals surface area contributed by atoms with Gasteiger partial charge in [0.1, 0.15) is 0 Å². The number of carbonyl (C=O) groups is 1. The Morgan fingerprint density at radius 3 is 2.67 bits per heavy atom. The Kier molecular flexibility index (Phi) is 4.55. The first-order valence-corrected chi connectivity index (χ1v) is 5.76. The van der Waals surface area contributed by atoms with Crippen molar-refractivity contribution in [3.05, 3.63) is 23.8 Å². The second kappa shape index (κ2) is 5.73. The minimum Gasteiger partial charge on any atom is -0.504 e. The van der Waals surface area contributed by atoms with Crippen LogP contribution in [0.3, 0.4) is 0 Å². The second-order valence-electron chi connectivity index (χ2n) is 4.38. The third-order valence-electron chi connectivity index (χ3n) is 3.01. The van der Waals surface area contributed by atoms with Crippen LogP contribution in [0, 0.1) is 0 Å². The zero-order valence-electron chi connectivity index (χ0n) is 10.9. The van der Waals surface area contributed by atoms with Crippen LogP contribution < -0.4 is 10.1 Å². The summed E-state index contributed by atoms with van der Waals surface area (Å²) in [4.78, 5) is 12.0. The van der Waals surface area contributed by atoms with E-state index >= 15 is 0 Å². The highest BCUT2D eigenvalue weighted by atomic mass is 16.5. The Morgan fingerprint density at radius 1 is 1.50 bits per heavy atom. The summed E-state index contributed by atoms with van der Waals surface area (Å²) in [5, 5.41) is 21.8. The van der Waals surface area contributed by atoms with Crippen LogP contribution in [0.2, 0.25) is 0 Å². The van der Waals surface area contributed by atoms with Crippen molar-refractivity contribution in [2.24, 2.45) is 0 Å². The highest BCUT2D eigenvalue weighted by Gasteiger charge is 2.25. The molecule has 100 valence electrons. The molecule has 0 aliphatic carbocycles. The van der Waals surface area contributed by atoms with Crippen molar-refractivity contribution in [1.82, 2.24) is 5.32 Å². The summed E-state index contributed by atoms with van der Waals surface area (Å²) in [7, 11) is 1.42. The van der Waals surface area contributed by atoms with Gasteiger partial charge in [-0.2, -0.15) is 0 Å². The minimum absolute atomic E-state index is 0.127. The lowest BCUT2D eigenvalue weighted by molar-refractivity contribution is 0.0844. The van der Waals surface area contributed by atoms with Crippen molar-refractivity contribution in [2.45, 2.75) is 25.8 Å². The highest BCUT2D eigenvalue weighted by Crippen LogP contribution is 2.29. The van der Waals surface area contributed by atoms with E-state index in [0.29, 0.717) is 6.42 Å². The van der Waals surface area contributed by atoms with E-state index in [4.69, 9.17) is 4.74 Å². The Hall–Kier alpha value is -1.75. The quantitative estimate of drug-likeness (QED) is 0.739. The maximum absolute atomic E-state index is 12.0. The minimum atomic E-state index is -0.702. The average Bonchev–Trinajstić information content (AvgIpc) is 2.38. The van der Waals surface area contributed by atoms with E-state index in [0.717, 1.165) is 0 Å². The standard InChI is InChI=1S/C13H19NO4/c1-4-13(2,8-15)14-12(17)9-6-5-7-10(18-3)11(9)16/h5-7,15-16H,4,8H2,1-3H3,(H,14,17). The first-order chi connectivity index (χ1) is 8.47. The van der Waals surface area contributed by atoms with E-state index in [1.165, 1.54) is 13.2 Å². The smallest absolute Gasteiger partial charge is 0.255 e. The van der Waals surface area contributed by atoms with Crippen molar-refractivity contribution < 1.29 is 19.7 Å². The van der Waals surface area contributed by atoms with Gasteiger partial charge < -0.3 is 20.3 Å². The normalized spacial score (nSPS) is 13.8.